The van der Waals surface area contributed by atoms with Crippen molar-refractivity contribution in [1.82, 2.24) is 4.57 Å². The third-order valence-electron chi connectivity index (χ3n) is 4.74. The van der Waals surface area contributed by atoms with Gasteiger partial charge in [0, 0.05) is 23.1 Å². The molecule has 0 atom stereocenters. The molecule has 1 aliphatic carbocycles. The van der Waals surface area contributed by atoms with Crippen LogP contribution in [-0.2, 0) is 24.2 Å². The second-order valence-electron chi connectivity index (χ2n) is 6.33. The van der Waals surface area contributed by atoms with E-state index in [4.69, 9.17) is 4.79 Å². The molecular formula is C21H20FN3O. The van der Waals surface area contributed by atoms with E-state index in [1.807, 2.05) is 24.3 Å². The number of nitriles is 1. The van der Waals surface area contributed by atoms with Gasteiger partial charge in [-0.1, -0.05) is 12.1 Å². The highest BCUT2D eigenvalue weighted by Gasteiger charge is 2.20. The van der Waals surface area contributed by atoms with Crippen molar-refractivity contribution >= 4 is 17.3 Å². The number of halogens is 1. The van der Waals surface area contributed by atoms with Crippen LogP contribution >= 0.6 is 0 Å². The average molecular weight is 349 g/mol. The minimum absolute atomic E-state index is 0.195. The first kappa shape index (κ1) is 17.7. The van der Waals surface area contributed by atoms with Crippen molar-refractivity contribution in [3.05, 3.63) is 70.7 Å². The molecule has 4 rings (SSSR count). The van der Waals surface area contributed by atoms with Crippen LogP contribution in [0.5, 0.6) is 0 Å². The summed E-state index contributed by atoms with van der Waals surface area (Å²) in [4.78, 5) is 8.58. The van der Waals surface area contributed by atoms with Crippen LogP contribution in [-0.4, -0.2) is 11.0 Å². The van der Waals surface area contributed by atoms with E-state index in [0.29, 0.717) is 12.1 Å². The number of nitrogens with zero attached hydrogens (tertiary/aromatic N) is 2. The molecule has 0 radical (unpaired) electrons. The van der Waals surface area contributed by atoms with E-state index in [2.05, 4.69) is 16.4 Å². The Morgan fingerprint density at radius 3 is 2.69 bits per heavy atom. The highest BCUT2D eigenvalue weighted by molar-refractivity contribution is 5.87. The summed E-state index contributed by atoms with van der Waals surface area (Å²) in [5.74, 6) is -0.195. The third kappa shape index (κ3) is 3.45. The van der Waals surface area contributed by atoms with Crippen LogP contribution in [0.3, 0.4) is 0 Å². The van der Waals surface area contributed by atoms with Crippen LogP contribution in [0, 0.1) is 17.1 Å². The summed E-state index contributed by atoms with van der Waals surface area (Å²) in [6.45, 7) is 0.676. The molecule has 26 heavy (non-hydrogen) atoms. The average Bonchev–Trinajstić information content (AvgIpc) is 2.96. The smallest absolute Gasteiger partial charge is 0.204 e. The van der Waals surface area contributed by atoms with Crippen LogP contribution in [0.4, 0.5) is 4.39 Å². The summed E-state index contributed by atoms with van der Waals surface area (Å²) in [5.41, 5.74) is 9.72. The predicted octanol–water partition coefficient (Wildman–Crippen LogP) is 3.68. The topological polar surface area (TPSA) is 71.8 Å². The van der Waals surface area contributed by atoms with E-state index in [1.165, 1.54) is 35.6 Å². The molecule has 2 N–H and O–H groups in total. The Labute approximate surface area is 151 Å². The van der Waals surface area contributed by atoms with Gasteiger partial charge in [0.1, 0.15) is 5.82 Å². The van der Waals surface area contributed by atoms with Crippen molar-refractivity contribution in [2.45, 2.75) is 32.2 Å². The first-order valence-corrected chi connectivity index (χ1v) is 8.62. The molecule has 1 aliphatic rings. The number of rotatable bonds is 2. The Kier molecular flexibility index (Phi) is 5.33. The van der Waals surface area contributed by atoms with E-state index in [0.717, 1.165) is 23.9 Å². The number of primary amides is 1. The maximum atomic E-state index is 13.5. The number of nitrogens with two attached hydrogens (primary N) is 1. The molecule has 0 saturated carbocycles. The van der Waals surface area contributed by atoms with Gasteiger partial charge in [-0.05, 0) is 67.1 Å². The van der Waals surface area contributed by atoms with Gasteiger partial charge < -0.3 is 10.3 Å². The summed E-state index contributed by atoms with van der Waals surface area (Å²) in [6.07, 6.45) is 4.76. The largest absolute Gasteiger partial charge is 0.372 e. The summed E-state index contributed by atoms with van der Waals surface area (Å²) >= 11 is 0. The second kappa shape index (κ2) is 7.83. The number of carbonyl (C=O) groups excluding carboxylic acids is 1. The molecule has 1 aromatic heterocycles. The van der Waals surface area contributed by atoms with Crippen LogP contribution < -0.4 is 5.73 Å². The van der Waals surface area contributed by atoms with E-state index in [-0.39, 0.29) is 12.2 Å². The van der Waals surface area contributed by atoms with Crippen molar-refractivity contribution in [1.29, 1.82) is 5.26 Å². The highest BCUT2D eigenvalue weighted by atomic mass is 19.1. The zero-order chi connectivity index (χ0) is 18.5. The van der Waals surface area contributed by atoms with Crippen LogP contribution in [0.1, 0.15) is 35.2 Å². The maximum absolute atomic E-state index is 13.5. The zero-order valence-electron chi connectivity index (χ0n) is 14.4. The molecule has 5 heteroatoms. The van der Waals surface area contributed by atoms with Gasteiger partial charge in [0.25, 0.3) is 0 Å². The molecule has 1 amide bonds. The van der Waals surface area contributed by atoms with Crippen LogP contribution in [0.15, 0.2) is 42.5 Å². The Morgan fingerprint density at radius 1 is 1.19 bits per heavy atom. The minimum Gasteiger partial charge on any atom is -0.372 e. The normalized spacial score (nSPS) is 12.6. The molecule has 0 fully saturated rings. The molecule has 3 aromatic rings. The van der Waals surface area contributed by atoms with Crippen molar-refractivity contribution in [3.63, 3.8) is 0 Å². The lowest BCUT2D eigenvalue weighted by molar-refractivity contribution is -0.106. The summed E-state index contributed by atoms with van der Waals surface area (Å²) in [7, 11) is 0. The predicted molar refractivity (Wildman–Crippen MR) is 99.0 cm³/mol. The molecule has 0 spiro atoms. The molecule has 0 bridgehead atoms. The van der Waals surface area contributed by atoms with E-state index >= 15 is 0 Å². The van der Waals surface area contributed by atoms with E-state index < -0.39 is 0 Å². The molecule has 0 saturated heterocycles. The molecular weight excluding hydrogens is 329 g/mol. The fourth-order valence-electron chi connectivity index (χ4n) is 3.70. The number of aromatic nitrogens is 1. The first-order chi connectivity index (χ1) is 12.7. The number of hydrogen-bond acceptors (Lipinski definition) is 2. The fraction of sp³-hybridized carbons (Fsp3) is 0.238. The molecule has 1 heterocycles. The van der Waals surface area contributed by atoms with Gasteiger partial charge in [0.05, 0.1) is 11.6 Å². The molecule has 0 aliphatic heterocycles. The Hall–Kier alpha value is -3.13. The van der Waals surface area contributed by atoms with Crippen LogP contribution in [0.2, 0.25) is 0 Å². The van der Waals surface area contributed by atoms with Crippen molar-refractivity contribution in [2.75, 3.05) is 0 Å². The lowest BCUT2D eigenvalue weighted by Gasteiger charge is -2.16. The molecule has 2 aromatic carbocycles. The maximum Gasteiger partial charge on any atom is 0.204 e. The Balaban J connectivity index is 0.000000613. The number of carbonyl (C=O) groups is 1. The Morgan fingerprint density at radius 2 is 1.96 bits per heavy atom. The van der Waals surface area contributed by atoms with Gasteiger partial charge in [0.15, 0.2) is 0 Å². The van der Waals surface area contributed by atoms with Gasteiger partial charge in [0.2, 0.25) is 6.41 Å². The first-order valence-electron chi connectivity index (χ1n) is 8.62. The van der Waals surface area contributed by atoms with Gasteiger partial charge in [-0.3, -0.25) is 4.79 Å². The highest BCUT2D eigenvalue weighted by Crippen LogP contribution is 2.33. The number of amides is 1. The molecule has 132 valence electrons. The van der Waals surface area contributed by atoms with Gasteiger partial charge >= 0.3 is 0 Å². The van der Waals surface area contributed by atoms with E-state index in [1.54, 1.807) is 12.1 Å². The van der Waals surface area contributed by atoms with Crippen LogP contribution in [0.25, 0.3) is 10.9 Å². The van der Waals surface area contributed by atoms with Crippen molar-refractivity contribution in [2.24, 2.45) is 5.73 Å². The SMILES string of the molecule is N#Cc1ccc2c(c1)c1c(n2Cc2cccc(F)c2)CCCC1.NC=O. The number of hydrogen-bond donors (Lipinski definition) is 1. The van der Waals surface area contributed by atoms with Gasteiger partial charge in [-0.25, -0.2) is 4.39 Å². The molecule has 4 nitrogen and oxygen atoms in total. The lowest BCUT2D eigenvalue weighted by atomic mass is 9.95. The molecule has 0 unspecified atom stereocenters. The van der Waals surface area contributed by atoms with Crippen molar-refractivity contribution in [3.8, 4) is 6.07 Å². The van der Waals surface area contributed by atoms with Gasteiger partial charge in [-0.2, -0.15) is 5.26 Å². The number of benzene rings is 2. The lowest BCUT2D eigenvalue weighted by Crippen LogP contribution is -2.09. The number of fused-ring (bicyclic) bond motifs is 3. The summed E-state index contributed by atoms with van der Waals surface area (Å²) in [5, 5.41) is 10.4. The zero-order valence-corrected chi connectivity index (χ0v) is 14.4. The van der Waals surface area contributed by atoms with E-state index in [9.17, 15) is 9.65 Å². The number of aryl methyl sites for hydroxylation is 1. The van der Waals surface area contributed by atoms with Crippen molar-refractivity contribution < 1.29 is 9.18 Å². The minimum atomic E-state index is -0.195. The summed E-state index contributed by atoms with van der Waals surface area (Å²) < 4.78 is 15.8. The second-order valence-corrected chi connectivity index (χ2v) is 6.33. The van der Waals surface area contributed by atoms with Gasteiger partial charge in [-0.15, -0.1) is 0 Å². The fourth-order valence-corrected chi connectivity index (χ4v) is 3.70. The quantitative estimate of drug-likeness (QED) is 0.717. The standard InChI is InChI=1S/C20H17FN2.CH3NO/c21-16-5-3-4-15(10-16)13-23-19-7-2-1-6-17(19)18-11-14(12-22)8-9-20(18)23;2-1-3/h3-5,8-11H,1-2,6-7,13H2;1H,(H2,2,3). The third-order valence-corrected chi connectivity index (χ3v) is 4.74. The summed E-state index contributed by atoms with van der Waals surface area (Å²) in [6, 6.07) is 14.9. The Bertz CT molecular complexity index is 985. The monoisotopic (exact) mass is 349 g/mol.